The van der Waals surface area contributed by atoms with Crippen molar-refractivity contribution in [2.45, 2.75) is 31.6 Å². The number of H-pyrrole nitrogens is 1. The lowest BCUT2D eigenvalue weighted by Crippen LogP contribution is -2.38. The van der Waals surface area contributed by atoms with Gasteiger partial charge in [0.05, 0.1) is 0 Å². The molecule has 3 aromatic rings. The van der Waals surface area contributed by atoms with Crippen molar-refractivity contribution in [3.63, 3.8) is 0 Å². The number of aromatic amines is 1. The summed E-state index contributed by atoms with van der Waals surface area (Å²) in [7, 11) is 0. The number of nitrogens with zero attached hydrogens (tertiary/aromatic N) is 3. The van der Waals surface area contributed by atoms with Crippen molar-refractivity contribution < 1.29 is 4.79 Å². The van der Waals surface area contributed by atoms with E-state index in [1.165, 1.54) is 11.3 Å². The van der Waals surface area contributed by atoms with E-state index in [2.05, 4.69) is 33.4 Å². The number of pyridine rings is 1. The summed E-state index contributed by atoms with van der Waals surface area (Å²) in [4.78, 5) is 18.8. The van der Waals surface area contributed by atoms with Gasteiger partial charge in [0.1, 0.15) is 0 Å². The summed E-state index contributed by atoms with van der Waals surface area (Å²) in [6.45, 7) is 1.64. The molecule has 128 valence electrons. The van der Waals surface area contributed by atoms with Crippen LogP contribution < -0.4 is 0 Å². The van der Waals surface area contributed by atoms with E-state index in [9.17, 15) is 4.79 Å². The maximum absolute atomic E-state index is 12.5. The molecule has 1 amide bonds. The largest absolute Gasteiger partial charge is 0.343 e. The van der Waals surface area contributed by atoms with E-state index in [1.54, 1.807) is 6.20 Å². The summed E-state index contributed by atoms with van der Waals surface area (Å²) < 4.78 is 0. The average Bonchev–Trinajstić information content (AvgIpc) is 3.11. The number of aromatic nitrogens is 3. The zero-order chi connectivity index (χ0) is 17.1. The highest BCUT2D eigenvalue weighted by molar-refractivity contribution is 5.78. The van der Waals surface area contributed by atoms with Gasteiger partial charge in [-0.15, -0.1) is 0 Å². The lowest BCUT2D eigenvalue weighted by atomic mass is 9.92. The normalized spacial score (nSPS) is 15.6. The summed E-state index contributed by atoms with van der Waals surface area (Å²) in [6, 6.07) is 14.2. The molecule has 0 saturated carbocycles. The fraction of sp³-hybridized carbons (Fsp3) is 0.350. The summed E-state index contributed by atoms with van der Waals surface area (Å²) >= 11 is 0. The maximum Gasteiger partial charge on any atom is 0.222 e. The number of amides is 1. The highest BCUT2D eigenvalue weighted by Gasteiger charge is 2.26. The minimum Gasteiger partial charge on any atom is -0.343 e. The molecule has 3 heterocycles. The molecule has 4 rings (SSSR count). The fourth-order valence-electron chi connectivity index (χ4n) is 3.65. The number of benzene rings is 1. The highest BCUT2D eigenvalue weighted by atomic mass is 16.2. The number of hydrogen-bond acceptors (Lipinski definition) is 3. The first-order valence-corrected chi connectivity index (χ1v) is 8.92. The van der Waals surface area contributed by atoms with E-state index in [1.807, 2.05) is 29.2 Å². The number of carbonyl (C=O) groups excluding carboxylic acids is 1. The van der Waals surface area contributed by atoms with Gasteiger partial charge in [0, 0.05) is 42.7 Å². The molecule has 5 nitrogen and oxygen atoms in total. The smallest absolute Gasteiger partial charge is 0.222 e. The van der Waals surface area contributed by atoms with E-state index in [4.69, 9.17) is 0 Å². The first kappa shape index (κ1) is 15.8. The third-order valence-corrected chi connectivity index (χ3v) is 5.09. The zero-order valence-corrected chi connectivity index (χ0v) is 14.2. The second-order valence-electron chi connectivity index (χ2n) is 6.65. The molecule has 1 saturated heterocycles. The molecule has 1 aromatic carbocycles. The highest BCUT2D eigenvalue weighted by Crippen LogP contribution is 2.31. The van der Waals surface area contributed by atoms with Crippen LogP contribution in [0.2, 0.25) is 0 Å². The molecule has 1 aliphatic heterocycles. The van der Waals surface area contributed by atoms with Gasteiger partial charge in [-0.05, 0) is 37.0 Å². The van der Waals surface area contributed by atoms with Crippen molar-refractivity contribution in [1.29, 1.82) is 0 Å². The zero-order valence-electron chi connectivity index (χ0n) is 14.2. The molecule has 1 fully saturated rings. The summed E-state index contributed by atoms with van der Waals surface area (Å²) in [6.07, 6.45) is 5.12. The van der Waals surface area contributed by atoms with Gasteiger partial charge in [0.2, 0.25) is 5.91 Å². The van der Waals surface area contributed by atoms with Crippen LogP contribution in [-0.2, 0) is 11.2 Å². The van der Waals surface area contributed by atoms with Crippen LogP contribution in [0.3, 0.4) is 0 Å². The topological polar surface area (TPSA) is 61.9 Å². The Morgan fingerprint density at radius 3 is 2.72 bits per heavy atom. The van der Waals surface area contributed by atoms with E-state index in [0.717, 1.165) is 43.4 Å². The first-order chi connectivity index (χ1) is 12.3. The van der Waals surface area contributed by atoms with E-state index in [-0.39, 0.29) is 5.91 Å². The van der Waals surface area contributed by atoms with Crippen LogP contribution in [0.1, 0.15) is 36.4 Å². The second kappa shape index (κ2) is 7.05. The van der Waals surface area contributed by atoms with Crippen LogP contribution in [0.4, 0.5) is 0 Å². The summed E-state index contributed by atoms with van der Waals surface area (Å²) in [5, 5.41) is 8.56. The SMILES string of the molecule is O=C(CCc1ccccc1)N1CCC(c2[nH]nc3ncccc23)CC1. The maximum atomic E-state index is 12.5. The standard InChI is InChI=1S/C20H22N4O/c25-18(9-8-15-5-2-1-3-6-15)24-13-10-16(11-14-24)19-17-7-4-12-21-20(17)23-22-19/h1-7,12,16H,8-11,13-14H2,(H,21,22,23). The molecule has 0 spiro atoms. The molecule has 25 heavy (non-hydrogen) atoms. The minimum absolute atomic E-state index is 0.262. The van der Waals surface area contributed by atoms with Crippen molar-refractivity contribution in [3.8, 4) is 0 Å². The van der Waals surface area contributed by atoms with Crippen molar-refractivity contribution >= 4 is 16.9 Å². The van der Waals surface area contributed by atoms with Gasteiger partial charge < -0.3 is 4.90 Å². The number of carbonyl (C=O) groups is 1. The Balaban J connectivity index is 1.34. The third kappa shape index (κ3) is 3.40. The number of rotatable bonds is 4. The molecule has 5 heteroatoms. The number of fused-ring (bicyclic) bond motifs is 1. The molecular formula is C20H22N4O. The summed E-state index contributed by atoms with van der Waals surface area (Å²) in [5.74, 6) is 0.686. The lowest BCUT2D eigenvalue weighted by Gasteiger charge is -2.31. The number of aryl methyl sites for hydroxylation is 1. The van der Waals surface area contributed by atoms with Crippen LogP contribution in [0.15, 0.2) is 48.7 Å². The van der Waals surface area contributed by atoms with Crippen LogP contribution in [0.5, 0.6) is 0 Å². The fourth-order valence-corrected chi connectivity index (χ4v) is 3.65. The first-order valence-electron chi connectivity index (χ1n) is 8.92. The predicted molar refractivity (Wildman–Crippen MR) is 97.2 cm³/mol. The Kier molecular flexibility index (Phi) is 4.46. The molecule has 0 unspecified atom stereocenters. The average molecular weight is 334 g/mol. The lowest BCUT2D eigenvalue weighted by molar-refractivity contribution is -0.132. The van der Waals surface area contributed by atoms with E-state index < -0.39 is 0 Å². The molecule has 1 aliphatic rings. The van der Waals surface area contributed by atoms with Crippen LogP contribution in [0.25, 0.3) is 11.0 Å². The van der Waals surface area contributed by atoms with E-state index >= 15 is 0 Å². The third-order valence-electron chi connectivity index (χ3n) is 5.09. The van der Waals surface area contributed by atoms with Crippen molar-refractivity contribution in [2.75, 3.05) is 13.1 Å². The van der Waals surface area contributed by atoms with Gasteiger partial charge in [-0.2, -0.15) is 5.10 Å². The van der Waals surface area contributed by atoms with Crippen LogP contribution >= 0.6 is 0 Å². The molecular weight excluding hydrogens is 312 g/mol. The Morgan fingerprint density at radius 2 is 1.92 bits per heavy atom. The van der Waals surface area contributed by atoms with Gasteiger partial charge in [0.25, 0.3) is 0 Å². The molecule has 0 radical (unpaired) electrons. The number of likely N-dealkylation sites (tertiary alicyclic amines) is 1. The number of nitrogens with one attached hydrogen (secondary N) is 1. The Morgan fingerprint density at radius 1 is 1.12 bits per heavy atom. The molecule has 2 aromatic heterocycles. The molecule has 0 bridgehead atoms. The van der Waals surface area contributed by atoms with E-state index in [0.29, 0.717) is 12.3 Å². The van der Waals surface area contributed by atoms with Crippen molar-refractivity contribution in [3.05, 3.63) is 59.9 Å². The van der Waals surface area contributed by atoms with Gasteiger partial charge in [-0.25, -0.2) is 4.98 Å². The van der Waals surface area contributed by atoms with Crippen LogP contribution in [-0.4, -0.2) is 39.1 Å². The molecule has 1 N–H and O–H groups in total. The second-order valence-corrected chi connectivity index (χ2v) is 6.65. The van der Waals surface area contributed by atoms with Crippen LogP contribution in [0, 0.1) is 0 Å². The number of hydrogen-bond donors (Lipinski definition) is 1. The number of piperidine rings is 1. The van der Waals surface area contributed by atoms with Gasteiger partial charge >= 0.3 is 0 Å². The molecule has 0 aliphatic carbocycles. The van der Waals surface area contributed by atoms with Crippen molar-refractivity contribution in [2.24, 2.45) is 0 Å². The summed E-state index contributed by atoms with van der Waals surface area (Å²) in [5.41, 5.74) is 3.17. The van der Waals surface area contributed by atoms with Crippen molar-refractivity contribution in [1.82, 2.24) is 20.1 Å². The molecule has 0 atom stereocenters. The minimum atomic E-state index is 0.262. The monoisotopic (exact) mass is 334 g/mol. The Bertz CT molecular complexity index is 850. The Hall–Kier alpha value is -2.69. The quantitative estimate of drug-likeness (QED) is 0.796. The van der Waals surface area contributed by atoms with Gasteiger partial charge in [-0.1, -0.05) is 30.3 Å². The predicted octanol–water partition coefficient (Wildman–Crippen LogP) is 3.30. The van der Waals surface area contributed by atoms with Gasteiger partial charge in [-0.3, -0.25) is 9.89 Å². The Labute approximate surface area is 147 Å². The van der Waals surface area contributed by atoms with Gasteiger partial charge in [0.15, 0.2) is 5.65 Å².